The van der Waals surface area contributed by atoms with Gasteiger partial charge in [-0.3, -0.25) is 9.59 Å². The number of amides is 2. The molecule has 2 aromatic carbocycles. The van der Waals surface area contributed by atoms with E-state index in [1.165, 1.54) is 4.90 Å². The Kier molecular flexibility index (Phi) is 6.85. The van der Waals surface area contributed by atoms with E-state index in [9.17, 15) is 9.59 Å². The van der Waals surface area contributed by atoms with Gasteiger partial charge >= 0.3 is 0 Å². The van der Waals surface area contributed by atoms with E-state index < -0.39 is 0 Å². The molecule has 3 aromatic rings. The van der Waals surface area contributed by atoms with Crippen LogP contribution < -0.4 is 5.32 Å². The highest BCUT2D eigenvalue weighted by atomic mass is 35.5. The van der Waals surface area contributed by atoms with Crippen molar-refractivity contribution in [2.45, 2.75) is 12.8 Å². The SMILES string of the molecule is CN(CC(=O)Nc1ccc(Cl)c(Cl)c1)C(=O)CCc1nnc(-c2ccccc2)o1. The topological polar surface area (TPSA) is 88.3 Å². The molecule has 0 atom stereocenters. The van der Waals surface area contributed by atoms with Crippen LogP contribution in [0.15, 0.2) is 52.9 Å². The number of nitrogens with zero attached hydrogens (tertiary/aromatic N) is 3. The number of hydrogen-bond donors (Lipinski definition) is 1. The van der Waals surface area contributed by atoms with Gasteiger partial charge in [0.2, 0.25) is 23.6 Å². The fraction of sp³-hybridized carbons (Fsp3) is 0.200. The summed E-state index contributed by atoms with van der Waals surface area (Å²) in [5, 5.41) is 11.4. The number of halogens is 2. The lowest BCUT2D eigenvalue weighted by Crippen LogP contribution is -2.35. The molecule has 29 heavy (non-hydrogen) atoms. The molecule has 0 aliphatic carbocycles. The molecule has 1 N–H and O–H groups in total. The largest absolute Gasteiger partial charge is 0.421 e. The molecule has 0 aliphatic rings. The van der Waals surface area contributed by atoms with Crippen molar-refractivity contribution < 1.29 is 14.0 Å². The van der Waals surface area contributed by atoms with E-state index in [2.05, 4.69) is 15.5 Å². The quantitative estimate of drug-likeness (QED) is 0.607. The maximum atomic E-state index is 12.3. The maximum absolute atomic E-state index is 12.3. The lowest BCUT2D eigenvalue weighted by Gasteiger charge is -2.16. The number of carbonyl (C=O) groups excluding carboxylic acids is 2. The summed E-state index contributed by atoms with van der Waals surface area (Å²) in [5.41, 5.74) is 1.32. The third-order valence-electron chi connectivity index (χ3n) is 4.05. The zero-order valence-corrected chi connectivity index (χ0v) is 17.1. The molecule has 0 saturated heterocycles. The first kappa shape index (κ1) is 20.8. The second-order valence-corrected chi connectivity index (χ2v) is 7.11. The van der Waals surface area contributed by atoms with Crippen molar-refractivity contribution in [1.82, 2.24) is 15.1 Å². The molecule has 7 nitrogen and oxygen atoms in total. The predicted molar refractivity (Wildman–Crippen MR) is 111 cm³/mol. The molecular weight excluding hydrogens is 415 g/mol. The lowest BCUT2D eigenvalue weighted by molar-refractivity contribution is -0.133. The zero-order valence-electron chi connectivity index (χ0n) is 15.6. The minimum atomic E-state index is -0.344. The van der Waals surface area contributed by atoms with E-state index in [1.54, 1.807) is 25.2 Å². The van der Waals surface area contributed by atoms with Crippen LogP contribution in [0.1, 0.15) is 12.3 Å². The van der Waals surface area contributed by atoms with Crippen molar-refractivity contribution >= 4 is 40.7 Å². The summed E-state index contributed by atoms with van der Waals surface area (Å²) in [4.78, 5) is 25.8. The Bertz CT molecular complexity index is 1010. The molecule has 0 radical (unpaired) electrons. The molecule has 1 heterocycles. The van der Waals surface area contributed by atoms with E-state index in [0.717, 1.165) is 5.56 Å². The van der Waals surface area contributed by atoms with Gasteiger partial charge in [-0.15, -0.1) is 10.2 Å². The first-order valence-electron chi connectivity index (χ1n) is 8.79. The summed E-state index contributed by atoms with van der Waals surface area (Å²) in [6, 6.07) is 14.1. The Morgan fingerprint density at radius 3 is 2.55 bits per heavy atom. The van der Waals surface area contributed by atoms with Crippen LogP contribution in [-0.4, -0.2) is 40.5 Å². The number of anilines is 1. The van der Waals surface area contributed by atoms with Crippen molar-refractivity contribution in [2.24, 2.45) is 0 Å². The second-order valence-electron chi connectivity index (χ2n) is 6.29. The monoisotopic (exact) mass is 432 g/mol. The summed E-state index contributed by atoms with van der Waals surface area (Å²) in [6.07, 6.45) is 0.435. The number of carbonyl (C=O) groups is 2. The Hall–Kier alpha value is -2.90. The third kappa shape index (κ3) is 5.79. The summed E-state index contributed by atoms with van der Waals surface area (Å²) < 4.78 is 5.59. The second kappa shape index (κ2) is 9.54. The molecule has 150 valence electrons. The van der Waals surface area contributed by atoms with Crippen molar-refractivity contribution in [2.75, 3.05) is 18.9 Å². The van der Waals surface area contributed by atoms with Gasteiger partial charge in [0.05, 0.1) is 16.6 Å². The van der Waals surface area contributed by atoms with Gasteiger partial charge in [0.25, 0.3) is 0 Å². The number of aromatic nitrogens is 2. The van der Waals surface area contributed by atoms with Crippen LogP contribution in [0.5, 0.6) is 0 Å². The van der Waals surface area contributed by atoms with Crippen LogP contribution in [0.4, 0.5) is 5.69 Å². The van der Waals surface area contributed by atoms with Gasteiger partial charge in [0.15, 0.2) is 0 Å². The number of aryl methyl sites for hydroxylation is 1. The van der Waals surface area contributed by atoms with Gasteiger partial charge in [-0.2, -0.15) is 0 Å². The highest BCUT2D eigenvalue weighted by Gasteiger charge is 2.16. The summed E-state index contributed by atoms with van der Waals surface area (Å²) >= 11 is 11.8. The van der Waals surface area contributed by atoms with E-state index in [1.807, 2.05) is 30.3 Å². The molecule has 1 aromatic heterocycles. The van der Waals surface area contributed by atoms with Crippen LogP contribution in [0.2, 0.25) is 10.0 Å². The van der Waals surface area contributed by atoms with Crippen LogP contribution in [0, 0.1) is 0 Å². The van der Waals surface area contributed by atoms with Gasteiger partial charge < -0.3 is 14.6 Å². The van der Waals surface area contributed by atoms with Crippen molar-refractivity contribution in [1.29, 1.82) is 0 Å². The maximum Gasteiger partial charge on any atom is 0.247 e. The molecule has 0 saturated carbocycles. The number of nitrogens with one attached hydrogen (secondary N) is 1. The van der Waals surface area contributed by atoms with Crippen LogP contribution in [0.25, 0.3) is 11.5 Å². The Morgan fingerprint density at radius 1 is 1.07 bits per heavy atom. The van der Waals surface area contributed by atoms with E-state index >= 15 is 0 Å². The lowest BCUT2D eigenvalue weighted by atomic mass is 10.2. The fourth-order valence-electron chi connectivity index (χ4n) is 2.53. The molecule has 0 aliphatic heterocycles. The first-order chi connectivity index (χ1) is 13.9. The molecular formula is C20H18Cl2N4O3. The number of hydrogen-bond acceptors (Lipinski definition) is 5. The van der Waals surface area contributed by atoms with Gasteiger partial charge in [-0.1, -0.05) is 41.4 Å². The summed E-state index contributed by atoms with van der Waals surface area (Å²) in [7, 11) is 1.56. The Morgan fingerprint density at radius 2 is 1.83 bits per heavy atom. The average Bonchev–Trinajstić information content (AvgIpc) is 3.18. The first-order valence-corrected chi connectivity index (χ1v) is 9.54. The van der Waals surface area contributed by atoms with E-state index in [0.29, 0.717) is 27.5 Å². The molecule has 9 heteroatoms. The number of rotatable bonds is 7. The zero-order chi connectivity index (χ0) is 20.8. The molecule has 0 fully saturated rings. The van der Waals surface area contributed by atoms with Gasteiger partial charge in [0, 0.05) is 31.1 Å². The number of benzene rings is 2. The highest BCUT2D eigenvalue weighted by Crippen LogP contribution is 2.25. The minimum absolute atomic E-state index is 0.0990. The van der Waals surface area contributed by atoms with E-state index in [4.69, 9.17) is 27.6 Å². The smallest absolute Gasteiger partial charge is 0.247 e. The molecule has 0 unspecified atom stereocenters. The molecule has 0 spiro atoms. The fourth-order valence-corrected chi connectivity index (χ4v) is 2.83. The normalized spacial score (nSPS) is 10.6. The average molecular weight is 433 g/mol. The Balaban J connectivity index is 1.48. The predicted octanol–water partition coefficient (Wildman–Crippen LogP) is 4.07. The number of likely N-dealkylation sites (N-methyl/N-ethyl adjacent to an activating group) is 1. The van der Waals surface area contributed by atoms with E-state index in [-0.39, 0.29) is 31.2 Å². The summed E-state index contributed by atoms with van der Waals surface area (Å²) in [5.74, 6) is 0.213. The Labute approximate surface area is 177 Å². The van der Waals surface area contributed by atoms with Crippen molar-refractivity contribution in [3.8, 4) is 11.5 Å². The molecule has 3 rings (SSSR count). The van der Waals surface area contributed by atoms with Gasteiger partial charge in [0.1, 0.15) is 0 Å². The molecule has 2 amide bonds. The van der Waals surface area contributed by atoms with Crippen molar-refractivity contribution in [3.05, 3.63) is 64.5 Å². The summed E-state index contributed by atoms with van der Waals surface area (Å²) in [6.45, 7) is -0.0990. The van der Waals surface area contributed by atoms with Crippen LogP contribution in [0.3, 0.4) is 0 Å². The minimum Gasteiger partial charge on any atom is -0.421 e. The molecule has 0 bridgehead atoms. The van der Waals surface area contributed by atoms with Gasteiger partial charge in [-0.25, -0.2) is 0 Å². The standard InChI is InChI=1S/C20H18Cl2N4O3/c1-26(12-17(27)23-14-7-8-15(21)16(22)11-14)19(28)10-9-18-24-25-20(29-18)13-5-3-2-4-6-13/h2-8,11H,9-10,12H2,1H3,(H,23,27). The highest BCUT2D eigenvalue weighted by molar-refractivity contribution is 6.42. The van der Waals surface area contributed by atoms with Gasteiger partial charge in [-0.05, 0) is 30.3 Å². The van der Waals surface area contributed by atoms with Crippen LogP contribution in [-0.2, 0) is 16.0 Å². The van der Waals surface area contributed by atoms with Crippen LogP contribution >= 0.6 is 23.2 Å². The third-order valence-corrected chi connectivity index (χ3v) is 4.79. The van der Waals surface area contributed by atoms with Crippen molar-refractivity contribution in [3.63, 3.8) is 0 Å².